The van der Waals surface area contributed by atoms with Crippen LogP contribution in [0.5, 0.6) is 0 Å². The molecule has 3 aliphatic rings. The lowest BCUT2D eigenvalue weighted by molar-refractivity contribution is 0.0526. The van der Waals surface area contributed by atoms with Gasteiger partial charge in [0.25, 0.3) is 5.56 Å². The van der Waals surface area contributed by atoms with E-state index in [1.54, 1.807) is 19.2 Å². The number of nitrogens with one attached hydrogen (secondary N) is 2. The van der Waals surface area contributed by atoms with Gasteiger partial charge < -0.3 is 15.5 Å². The Morgan fingerprint density at radius 1 is 1.23 bits per heavy atom. The zero-order valence-corrected chi connectivity index (χ0v) is 22.5. The first-order valence-corrected chi connectivity index (χ1v) is 14.2. The fraction of sp³-hybridized carbons (Fsp3) is 0.387. The molecule has 0 unspecified atom stereocenters. The van der Waals surface area contributed by atoms with E-state index in [2.05, 4.69) is 44.4 Å². The summed E-state index contributed by atoms with van der Waals surface area (Å²) < 4.78 is 5.17. The molecule has 9 heteroatoms. The van der Waals surface area contributed by atoms with Crippen molar-refractivity contribution < 1.29 is 9.53 Å². The van der Waals surface area contributed by atoms with E-state index in [4.69, 9.17) is 15.5 Å². The molecule has 0 radical (unpaired) electrons. The van der Waals surface area contributed by atoms with E-state index in [1.807, 2.05) is 6.08 Å². The summed E-state index contributed by atoms with van der Waals surface area (Å²) in [7, 11) is 0. The molecule has 0 saturated heterocycles. The van der Waals surface area contributed by atoms with Gasteiger partial charge in [0.05, 0.1) is 12.2 Å². The van der Waals surface area contributed by atoms with Gasteiger partial charge in [0.15, 0.2) is 5.65 Å². The number of nitrogens with two attached hydrogens (primary N) is 1. The van der Waals surface area contributed by atoms with Gasteiger partial charge in [-0.25, -0.2) is 9.78 Å². The van der Waals surface area contributed by atoms with Crippen molar-refractivity contribution >= 4 is 22.6 Å². The van der Waals surface area contributed by atoms with E-state index in [1.165, 1.54) is 11.1 Å². The minimum atomic E-state index is -0.421. The molecule has 3 aromatic heterocycles. The summed E-state index contributed by atoms with van der Waals surface area (Å²) in [6, 6.07) is 10.4. The molecule has 9 nitrogen and oxygen atoms in total. The Hall–Kier alpha value is -4.11. The van der Waals surface area contributed by atoms with Gasteiger partial charge in [-0.05, 0) is 74.5 Å². The fourth-order valence-electron chi connectivity index (χ4n) is 7.05. The van der Waals surface area contributed by atoms with Gasteiger partial charge >= 0.3 is 5.97 Å². The van der Waals surface area contributed by atoms with E-state index in [0.29, 0.717) is 28.1 Å². The lowest BCUT2D eigenvalue weighted by atomic mass is 9.66. The topological polar surface area (TPSA) is 140 Å². The number of nitrogens with zero attached hydrogens (tertiary/aromatic N) is 3. The predicted octanol–water partition coefficient (Wildman–Crippen LogP) is 4.50. The van der Waals surface area contributed by atoms with E-state index >= 15 is 0 Å². The van der Waals surface area contributed by atoms with Crippen LogP contribution in [0, 0.1) is 5.41 Å². The number of fused-ring (bicyclic) bond motifs is 3. The molecule has 4 N–H and O–H groups in total. The Labute approximate surface area is 231 Å². The average molecular weight is 537 g/mol. The Bertz CT molecular complexity index is 1730. The molecule has 1 aromatic carbocycles. The molecule has 7 rings (SSSR count). The summed E-state index contributed by atoms with van der Waals surface area (Å²) in [4.78, 5) is 38.3. The van der Waals surface area contributed by atoms with E-state index in [9.17, 15) is 9.59 Å². The second-order valence-corrected chi connectivity index (χ2v) is 11.3. The van der Waals surface area contributed by atoms with Crippen molar-refractivity contribution in [3.8, 4) is 0 Å². The summed E-state index contributed by atoms with van der Waals surface area (Å²) in [5, 5.41) is 7.96. The van der Waals surface area contributed by atoms with Gasteiger partial charge in [-0.1, -0.05) is 30.3 Å². The molecule has 1 saturated carbocycles. The summed E-state index contributed by atoms with van der Waals surface area (Å²) in [6.07, 6.45) is 10.00. The molecule has 3 aliphatic carbocycles. The van der Waals surface area contributed by atoms with Crippen molar-refractivity contribution in [2.75, 3.05) is 6.61 Å². The number of pyridine rings is 1. The normalized spacial score (nSPS) is 23.6. The van der Waals surface area contributed by atoms with Gasteiger partial charge in [-0.3, -0.25) is 14.9 Å². The number of ether oxygens (including phenoxy) is 1. The molecule has 204 valence electrons. The predicted molar refractivity (Wildman–Crippen MR) is 151 cm³/mol. The van der Waals surface area contributed by atoms with Crippen LogP contribution in [-0.2, 0) is 17.6 Å². The summed E-state index contributed by atoms with van der Waals surface area (Å²) in [6.45, 7) is 2.06. The third-order valence-corrected chi connectivity index (χ3v) is 9.16. The Morgan fingerprint density at radius 2 is 2.05 bits per heavy atom. The molecule has 1 fully saturated rings. The van der Waals surface area contributed by atoms with Gasteiger partial charge in [-0.2, -0.15) is 5.10 Å². The number of hydrogen-bond donors (Lipinski definition) is 3. The summed E-state index contributed by atoms with van der Waals surface area (Å²) >= 11 is 0. The summed E-state index contributed by atoms with van der Waals surface area (Å²) in [5.41, 5.74) is 13.1. The lowest BCUT2D eigenvalue weighted by Gasteiger charge is -2.40. The lowest BCUT2D eigenvalue weighted by Crippen LogP contribution is -2.35. The SMILES string of the molecule is CCOC(=O)c1cnc2c(c1)C(c1n[nH]c3nc(C4CCC5(CC4)Cc4ccccc4[C@H]5N)[nH]c(=O)c13)=CCC2. The standard InChI is InChI=1S/C31H32N6O3/c1-2-40-30(39)19-14-22-21(8-5-9-23(22)33-16-19)25-24-28(37-36-25)34-27(35-29(24)38)17-10-12-31(13-11-17)15-18-6-3-4-7-20(18)26(31)32/h3-4,6-8,14,16-17,26H,2,5,9-13,15,32H2,1H3,(H2,34,35,36,37,38)/t17?,26-,31?/m1/s1. The van der Waals surface area contributed by atoms with Crippen LogP contribution in [0.3, 0.4) is 0 Å². The smallest absolute Gasteiger partial charge is 0.339 e. The van der Waals surface area contributed by atoms with Crippen LogP contribution < -0.4 is 11.3 Å². The largest absolute Gasteiger partial charge is 0.462 e. The number of carbonyl (C=O) groups excluding carboxylic acids is 1. The van der Waals surface area contributed by atoms with Crippen LogP contribution in [0.25, 0.3) is 16.6 Å². The average Bonchev–Trinajstić information content (AvgIpc) is 3.52. The zero-order valence-electron chi connectivity index (χ0n) is 22.5. The number of H-pyrrole nitrogens is 2. The number of aromatic nitrogens is 5. The highest BCUT2D eigenvalue weighted by Gasteiger charge is 2.46. The molecular weight excluding hydrogens is 504 g/mol. The minimum Gasteiger partial charge on any atom is -0.462 e. The van der Waals surface area contributed by atoms with Crippen LogP contribution >= 0.6 is 0 Å². The number of carbonyl (C=O) groups is 1. The zero-order chi connectivity index (χ0) is 27.4. The second kappa shape index (κ2) is 9.52. The maximum absolute atomic E-state index is 13.5. The van der Waals surface area contributed by atoms with Crippen molar-refractivity contribution in [3.05, 3.63) is 92.4 Å². The number of hydrogen-bond acceptors (Lipinski definition) is 7. The summed E-state index contributed by atoms with van der Waals surface area (Å²) in [5.74, 6) is 0.447. The number of aromatic amines is 2. The van der Waals surface area contributed by atoms with Crippen LogP contribution in [0.2, 0.25) is 0 Å². The first kappa shape index (κ1) is 24.9. The number of allylic oxidation sites excluding steroid dienone is 1. The van der Waals surface area contributed by atoms with E-state index in [0.717, 1.165) is 61.8 Å². The second-order valence-electron chi connectivity index (χ2n) is 11.3. The van der Waals surface area contributed by atoms with E-state index < -0.39 is 5.97 Å². The highest BCUT2D eigenvalue weighted by molar-refractivity contribution is 5.96. The Morgan fingerprint density at radius 3 is 2.85 bits per heavy atom. The number of rotatable bonds is 4. The van der Waals surface area contributed by atoms with Gasteiger partial charge in [0, 0.05) is 35.0 Å². The first-order chi connectivity index (χ1) is 19.5. The Kier molecular flexibility index (Phi) is 5.92. The van der Waals surface area contributed by atoms with Crippen molar-refractivity contribution in [1.82, 2.24) is 25.1 Å². The Balaban J connectivity index is 1.17. The molecule has 1 spiro atoms. The molecule has 40 heavy (non-hydrogen) atoms. The molecular formula is C31H32N6O3. The third-order valence-electron chi connectivity index (χ3n) is 9.16. The van der Waals surface area contributed by atoms with Crippen LogP contribution in [0.1, 0.15) is 95.2 Å². The number of benzene rings is 1. The maximum atomic E-state index is 13.5. The molecule has 0 bridgehead atoms. The van der Waals surface area contributed by atoms with Crippen LogP contribution in [0.15, 0.2) is 47.4 Å². The monoisotopic (exact) mass is 536 g/mol. The van der Waals surface area contributed by atoms with Crippen molar-refractivity contribution in [2.24, 2.45) is 11.1 Å². The number of aryl methyl sites for hydroxylation is 1. The molecule has 0 aliphatic heterocycles. The molecule has 1 atom stereocenters. The van der Waals surface area contributed by atoms with Crippen LogP contribution in [0.4, 0.5) is 0 Å². The third kappa shape index (κ3) is 3.91. The van der Waals surface area contributed by atoms with Crippen LogP contribution in [-0.4, -0.2) is 37.7 Å². The van der Waals surface area contributed by atoms with E-state index in [-0.39, 0.29) is 29.5 Å². The molecule has 4 aromatic rings. The van der Waals surface area contributed by atoms with Crippen molar-refractivity contribution in [1.29, 1.82) is 0 Å². The highest BCUT2D eigenvalue weighted by Crippen LogP contribution is 2.55. The highest BCUT2D eigenvalue weighted by atomic mass is 16.5. The van der Waals surface area contributed by atoms with Gasteiger partial charge in [-0.15, -0.1) is 0 Å². The van der Waals surface area contributed by atoms with Crippen molar-refractivity contribution in [3.63, 3.8) is 0 Å². The molecule has 0 amide bonds. The van der Waals surface area contributed by atoms with Crippen molar-refractivity contribution in [2.45, 2.75) is 63.8 Å². The maximum Gasteiger partial charge on any atom is 0.339 e. The first-order valence-electron chi connectivity index (χ1n) is 14.2. The van der Waals surface area contributed by atoms with Gasteiger partial charge in [0.1, 0.15) is 16.9 Å². The minimum absolute atomic E-state index is 0.0554. The molecule has 3 heterocycles. The number of esters is 1. The fourth-order valence-corrected chi connectivity index (χ4v) is 7.05. The van der Waals surface area contributed by atoms with Gasteiger partial charge in [0.2, 0.25) is 0 Å². The quantitative estimate of drug-likeness (QED) is 0.326.